The molecule has 65 heavy (non-hydrogen) atoms. The SMILES string of the molecule is CCO.COc1cc(C(=O)N2CCC3(CC2)CC(=O)c2ccccc2O3)ccc1OC(C)C.COc1cc(C(=O)N2CCC3(CC2)CC(O)c2ccccc2O3)ccc1OC(C)C.[B].[H-].[Na+]. The molecule has 4 aliphatic heterocycles. The molecule has 4 aliphatic rings. The summed E-state index contributed by atoms with van der Waals surface area (Å²) in [6.07, 6.45) is 3.06. The van der Waals surface area contributed by atoms with Crippen LogP contribution in [-0.2, 0) is 0 Å². The number of ether oxygens (including phenoxy) is 6. The number of benzene rings is 4. The smallest absolute Gasteiger partial charge is 1.00 e. The Morgan fingerprint density at radius 3 is 1.62 bits per heavy atom. The van der Waals surface area contributed by atoms with Crippen molar-refractivity contribution >= 4 is 26.0 Å². The molecule has 343 valence electrons. The summed E-state index contributed by atoms with van der Waals surface area (Å²) in [5.41, 5.74) is 1.69. The topological polar surface area (TPSA) is 154 Å². The number of rotatable bonds is 8. The van der Waals surface area contributed by atoms with Crippen molar-refractivity contribution in [3.8, 4) is 34.5 Å². The Bertz CT molecular complexity index is 2230. The van der Waals surface area contributed by atoms with E-state index in [0.29, 0.717) is 110 Å². The quantitative estimate of drug-likeness (QED) is 0.234. The van der Waals surface area contributed by atoms with E-state index < -0.39 is 17.3 Å². The number of ketones is 1. The van der Waals surface area contributed by atoms with E-state index in [2.05, 4.69) is 0 Å². The van der Waals surface area contributed by atoms with Crippen LogP contribution in [0, 0.1) is 0 Å². The van der Waals surface area contributed by atoms with Crippen LogP contribution in [0.3, 0.4) is 0 Å². The Kier molecular flexibility index (Phi) is 19.2. The second-order valence-corrected chi connectivity index (χ2v) is 16.9. The van der Waals surface area contributed by atoms with Crippen molar-refractivity contribution in [2.24, 2.45) is 0 Å². The molecule has 2 saturated heterocycles. The summed E-state index contributed by atoms with van der Waals surface area (Å²) in [6, 6.07) is 25.6. The Hall–Kier alpha value is -4.73. The van der Waals surface area contributed by atoms with Gasteiger partial charge in [0.15, 0.2) is 28.8 Å². The fourth-order valence-electron chi connectivity index (χ4n) is 8.52. The third kappa shape index (κ3) is 12.8. The molecule has 4 heterocycles. The molecule has 2 fully saturated rings. The van der Waals surface area contributed by atoms with E-state index in [0.717, 1.165) is 11.3 Å². The third-order valence-electron chi connectivity index (χ3n) is 11.6. The number of nitrogens with zero attached hydrogens (tertiary/aromatic N) is 2. The Labute approximate surface area is 409 Å². The average molecular weight is 902 g/mol. The van der Waals surface area contributed by atoms with Crippen molar-refractivity contribution in [2.75, 3.05) is 47.0 Å². The Balaban J connectivity index is 0.000000317. The number of Topliss-reactive ketones (excluding diaryl/α,β-unsaturated/α-hetero) is 1. The number of aliphatic hydroxyl groups is 2. The molecule has 15 heteroatoms. The zero-order valence-electron chi connectivity index (χ0n) is 40.1. The van der Waals surface area contributed by atoms with Crippen LogP contribution in [0.4, 0.5) is 0 Å². The number of hydrogen-bond donors (Lipinski definition) is 2. The zero-order valence-corrected chi connectivity index (χ0v) is 41.1. The molecule has 0 saturated carbocycles. The first-order chi connectivity index (χ1) is 30.2. The first-order valence-electron chi connectivity index (χ1n) is 21.9. The molecule has 4 aromatic rings. The van der Waals surface area contributed by atoms with Crippen LogP contribution in [-0.4, -0.2) is 116 Å². The van der Waals surface area contributed by atoms with Crippen molar-refractivity contribution in [2.45, 2.75) is 103 Å². The first kappa shape index (κ1) is 52.9. The summed E-state index contributed by atoms with van der Waals surface area (Å²) in [6.45, 7) is 12.0. The minimum atomic E-state index is -0.532. The second-order valence-electron chi connectivity index (χ2n) is 16.9. The number of likely N-dealkylation sites (tertiary alicyclic amines) is 2. The van der Waals surface area contributed by atoms with E-state index in [1.54, 1.807) is 57.5 Å². The third-order valence-corrected chi connectivity index (χ3v) is 11.6. The van der Waals surface area contributed by atoms with Gasteiger partial charge in [-0.3, -0.25) is 14.4 Å². The van der Waals surface area contributed by atoms with Gasteiger partial charge in [-0.25, -0.2) is 0 Å². The number of amides is 2. The number of para-hydroxylation sites is 2. The second kappa shape index (κ2) is 23.6. The molecule has 4 aromatic carbocycles. The number of hydrogen-bond acceptors (Lipinski definition) is 11. The zero-order chi connectivity index (χ0) is 45.3. The van der Waals surface area contributed by atoms with Gasteiger partial charge < -0.3 is 49.9 Å². The van der Waals surface area contributed by atoms with Crippen LogP contribution in [0.2, 0.25) is 0 Å². The molecular weight excluding hydrogens is 838 g/mol. The molecule has 0 aromatic heterocycles. The normalized spacial score (nSPS) is 17.5. The van der Waals surface area contributed by atoms with E-state index >= 15 is 0 Å². The maximum Gasteiger partial charge on any atom is 1.00 e. The standard InChI is InChI=1S/C24H29NO5.C24H27NO5.C2H6O.B.Na.H/c2*1-16(2)29-21-9-8-17(14-22(21)28-3)23(27)25-12-10-24(11-13-25)15-19(26)18-6-4-5-7-20(18)30-24;1-2-3;;;/h4-9,14,16,19,26H,10-13,15H2,1-3H3;4-9,14,16H,10-13,15H2,1-3H3;3H,2H2,1H3;;;/q;;;;+1;-1. The van der Waals surface area contributed by atoms with E-state index in [1.807, 2.05) is 86.0 Å². The van der Waals surface area contributed by atoms with Crippen molar-refractivity contribution < 1.29 is 84.0 Å². The summed E-state index contributed by atoms with van der Waals surface area (Å²) in [5.74, 6) is 3.78. The van der Waals surface area contributed by atoms with Crippen molar-refractivity contribution in [1.82, 2.24) is 9.80 Å². The van der Waals surface area contributed by atoms with Crippen LogP contribution in [0.5, 0.6) is 34.5 Å². The van der Waals surface area contributed by atoms with Gasteiger partial charge in [0.05, 0.1) is 44.5 Å². The summed E-state index contributed by atoms with van der Waals surface area (Å²) < 4.78 is 34.9. The van der Waals surface area contributed by atoms with Gasteiger partial charge in [0.2, 0.25) is 0 Å². The molecule has 8 rings (SSSR count). The van der Waals surface area contributed by atoms with Gasteiger partial charge in [0, 0.05) is 90.0 Å². The molecule has 0 bridgehead atoms. The number of piperidine rings is 2. The van der Waals surface area contributed by atoms with Crippen LogP contribution >= 0.6 is 0 Å². The molecular formula is C50H63BN2NaO11. The number of carbonyl (C=O) groups excluding carboxylic acids is 3. The predicted octanol–water partition coefficient (Wildman–Crippen LogP) is 4.83. The van der Waals surface area contributed by atoms with Crippen molar-refractivity contribution in [3.05, 3.63) is 107 Å². The van der Waals surface area contributed by atoms with Gasteiger partial charge in [-0.15, -0.1) is 0 Å². The summed E-state index contributed by atoms with van der Waals surface area (Å²) in [7, 11) is 3.14. The summed E-state index contributed by atoms with van der Waals surface area (Å²) >= 11 is 0. The van der Waals surface area contributed by atoms with Crippen LogP contribution < -0.4 is 58.0 Å². The van der Waals surface area contributed by atoms with E-state index in [4.69, 9.17) is 33.5 Å². The van der Waals surface area contributed by atoms with Gasteiger partial charge in [0.25, 0.3) is 11.8 Å². The van der Waals surface area contributed by atoms with Gasteiger partial charge in [-0.1, -0.05) is 30.3 Å². The monoisotopic (exact) mass is 901 g/mol. The number of aliphatic hydroxyl groups excluding tert-OH is 2. The van der Waals surface area contributed by atoms with Crippen LogP contribution in [0.1, 0.15) is 117 Å². The van der Waals surface area contributed by atoms with Crippen LogP contribution in [0.25, 0.3) is 0 Å². The summed E-state index contributed by atoms with van der Waals surface area (Å²) in [4.78, 5) is 42.4. The van der Waals surface area contributed by atoms with E-state index in [-0.39, 0.29) is 75.8 Å². The maximum atomic E-state index is 13.1. The van der Waals surface area contributed by atoms with Gasteiger partial charge >= 0.3 is 29.6 Å². The fraction of sp³-hybridized carbons (Fsp3) is 0.460. The van der Waals surface area contributed by atoms with E-state index in [1.165, 1.54) is 0 Å². The van der Waals surface area contributed by atoms with Gasteiger partial charge in [-0.05, 0) is 89.2 Å². The minimum Gasteiger partial charge on any atom is -1.00 e. The molecule has 3 radical (unpaired) electrons. The Morgan fingerprint density at radius 2 is 1.14 bits per heavy atom. The maximum absolute atomic E-state index is 13.1. The molecule has 0 aliphatic carbocycles. The molecule has 1 atom stereocenters. The predicted molar refractivity (Wildman–Crippen MR) is 246 cm³/mol. The largest absolute Gasteiger partial charge is 1.00 e. The van der Waals surface area contributed by atoms with E-state index in [9.17, 15) is 19.5 Å². The van der Waals surface area contributed by atoms with Crippen molar-refractivity contribution in [1.29, 1.82) is 0 Å². The van der Waals surface area contributed by atoms with Gasteiger partial charge in [-0.2, -0.15) is 0 Å². The summed E-state index contributed by atoms with van der Waals surface area (Å²) in [5, 5.41) is 18.2. The first-order valence-corrected chi connectivity index (χ1v) is 21.9. The number of carbonyl (C=O) groups is 3. The minimum absolute atomic E-state index is 0. The number of methoxy groups -OCH3 is 2. The molecule has 13 nitrogen and oxygen atoms in total. The molecule has 2 spiro atoms. The van der Waals surface area contributed by atoms with Crippen LogP contribution in [0.15, 0.2) is 84.9 Å². The molecule has 2 amide bonds. The molecule has 2 N–H and O–H groups in total. The number of fused-ring (bicyclic) bond motifs is 2. The van der Waals surface area contributed by atoms with Crippen molar-refractivity contribution in [3.63, 3.8) is 0 Å². The molecule has 1 unspecified atom stereocenters. The Morgan fingerprint density at radius 1 is 0.708 bits per heavy atom. The average Bonchev–Trinajstić information content (AvgIpc) is 3.27. The fourth-order valence-corrected chi connectivity index (χ4v) is 8.52. The van der Waals surface area contributed by atoms with Gasteiger partial charge in [0.1, 0.15) is 22.7 Å².